The highest BCUT2D eigenvalue weighted by Gasteiger charge is 2.13. The molecule has 0 amide bonds. The number of piperazine rings is 1. The van der Waals surface area contributed by atoms with Crippen LogP contribution in [0.2, 0.25) is 0 Å². The number of hydrogen-bond donors (Lipinski definition) is 3. The Morgan fingerprint density at radius 1 is 0.933 bits per heavy atom. The molecule has 1 saturated heterocycles. The Morgan fingerprint density at radius 3 is 2.50 bits per heavy atom. The van der Waals surface area contributed by atoms with Crippen molar-refractivity contribution in [3.05, 3.63) is 11.6 Å². The van der Waals surface area contributed by atoms with E-state index >= 15 is 0 Å². The fourth-order valence-corrected chi connectivity index (χ4v) is 2.47. The number of anilines is 2. The normalized spacial score (nSPS) is 15.5. The van der Waals surface area contributed by atoms with Crippen molar-refractivity contribution in [3.63, 3.8) is 0 Å². The van der Waals surface area contributed by atoms with Crippen LogP contribution in [0.25, 0.3) is 0 Å². The van der Waals surface area contributed by atoms with Gasteiger partial charge < -0.3 is 4.90 Å². The number of aromatic amines is 2. The van der Waals surface area contributed by atoms with Gasteiger partial charge in [0, 0.05) is 20.1 Å². The van der Waals surface area contributed by atoms with E-state index in [1.165, 1.54) is 7.05 Å². The van der Waals surface area contributed by atoms with Crippen LogP contribution in [-0.4, -0.2) is 101 Å². The number of H-pyrrole nitrogens is 2. The highest BCUT2D eigenvalue weighted by Crippen LogP contribution is 2.11. The number of nitrogens with one attached hydrogen (secondary N) is 3. The Morgan fingerprint density at radius 2 is 1.73 bits per heavy atom. The maximum atomic E-state index is 4.26. The smallest absolute Gasteiger partial charge is 0.289 e. The molecule has 17 nitrogen and oxygen atoms in total. The third-order valence-electron chi connectivity index (χ3n) is 4.00. The van der Waals surface area contributed by atoms with Gasteiger partial charge in [0.15, 0.2) is 5.82 Å². The molecule has 0 atom stereocenters. The van der Waals surface area contributed by atoms with Gasteiger partial charge in [0.25, 0.3) is 23.8 Å². The summed E-state index contributed by atoms with van der Waals surface area (Å²) in [6, 6.07) is 0. The van der Waals surface area contributed by atoms with E-state index in [4.69, 9.17) is 0 Å². The lowest BCUT2D eigenvalue weighted by Crippen LogP contribution is -2.41. The molecule has 3 N–H and O–H groups in total. The van der Waals surface area contributed by atoms with Crippen LogP contribution in [0.15, 0.2) is 20.6 Å². The third kappa shape index (κ3) is 5.07. The molecule has 3 aromatic rings. The van der Waals surface area contributed by atoms with Crippen LogP contribution in [0.1, 0.15) is 11.6 Å². The lowest BCUT2D eigenvalue weighted by atomic mass is 10.4. The fourth-order valence-electron chi connectivity index (χ4n) is 2.47. The van der Waals surface area contributed by atoms with Crippen molar-refractivity contribution >= 4 is 23.8 Å². The Labute approximate surface area is 169 Å². The molecule has 0 saturated carbocycles. The van der Waals surface area contributed by atoms with Gasteiger partial charge in [-0.05, 0) is 7.05 Å². The first kappa shape index (κ1) is 19.3. The topological polar surface area (TPSA) is 203 Å². The average molecular weight is 413 g/mol. The van der Waals surface area contributed by atoms with Gasteiger partial charge in [-0.3, -0.25) is 15.4 Å². The van der Waals surface area contributed by atoms with E-state index in [0.29, 0.717) is 11.6 Å². The molecule has 3 aromatic heterocycles. The summed E-state index contributed by atoms with van der Waals surface area (Å²) in [5, 5.41) is 49.4. The quantitative estimate of drug-likeness (QED) is 0.432. The minimum absolute atomic E-state index is 0.136. The van der Waals surface area contributed by atoms with E-state index in [1.54, 1.807) is 0 Å². The lowest BCUT2D eigenvalue weighted by molar-refractivity contribution is 0.150. The second-order valence-corrected chi connectivity index (χ2v) is 6.25. The molecule has 0 aromatic carbocycles. The van der Waals surface area contributed by atoms with Crippen molar-refractivity contribution in [3.8, 4) is 0 Å². The summed E-state index contributed by atoms with van der Waals surface area (Å²) < 4.78 is 0. The minimum Gasteiger partial charge on any atom is -0.303 e. The molecule has 1 aliphatic rings. The molecule has 4 heterocycles. The van der Waals surface area contributed by atoms with E-state index in [1.807, 2.05) is 5.01 Å². The van der Waals surface area contributed by atoms with Crippen molar-refractivity contribution < 1.29 is 0 Å². The molecule has 156 valence electrons. The molecule has 0 radical (unpaired) electrons. The van der Waals surface area contributed by atoms with Gasteiger partial charge in [-0.2, -0.15) is 15.1 Å². The number of azo groups is 1. The Bertz CT molecular complexity index is 995. The van der Waals surface area contributed by atoms with Gasteiger partial charge in [-0.15, -0.1) is 35.7 Å². The second-order valence-electron chi connectivity index (χ2n) is 6.25. The monoisotopic (exact) mass is 413 g/mol. The number of hydrogen-bond acceptors (Lipinski definition) is 14. The minimum atomic E-state index is 0.136. The summed E-state index contributed by atoms with van der Waals surface area (Å²) in [4.78, 5) is 10.5. The Balaban J connectivity index is 1.31. The van der Waals surface area contributed by atoms with Crippen molar-refractivity contribution in [1.82, 2.24) is 60.7 Å². The van der Waals surface area contributed by atoms with Crippen LogP contribution >= 0.6 is 0 Å². The zero-order chi connectivity index (χ0) is 20.8. The number of likely N-dealkylation sites (N-methyl/N-ethyl adjacent to an activating group) is 1. The van der Waals surface area contributed by atoms with Crippen LogP contribution in [0.5, 0.6) is 0 Å². The maximum Gasteiger partial charge on any atom is 0.289 e. The summed E-state index contributed by atoms with van der Waals surface area (Å²) >= 11 is 0. The van der Waals surface area contributed by atoms with Gasteiger partial charge in [0.05, 0.1) is 19.5 Å². The number of rotatable bonds is 7. The predicted molar refractivity (Wildman–Crippen MR) is 101 cm³/mol. The first-order valence-electron chi connectivity index (χ1n) is 9.00. The summed E-state index contributed by atoms with van der Waals surface area (Å²) in [6.07, 6.45) is 0.263. The standard InChI is InChI=1S/C13H19N17/c1-14-21-12-16-10(22-26-12)17-13-24-19-9(20-25-13)7-8-15-11(23-18-8)27-28-30-5-3-29(2)4-6-30/h3-7H2,1-2H3,(H,15,18,23)(H2,16,17,22,24,25,26). The molecular weight excluding hydrogens is 394 g/mol. The highest BCUT2D eigenvalue weighted by atomic mass is 15.6. The van der Waals surface area contributed by atoms with Crippen molar-refractivity contribution in [2.24, 2.45) is 20.6 Å². The van der Waals surface area contributed by atoms with Gasteiger partial charge >= 0.3 is 0 Å². The second kappa shape index (κ2) is 8.99. The van der Waals surface area contributed by atoms with Gasteiger partial charge in [-0.25, -0.2) is 5.10 Å². The molecule has 0 spiro atoms. The van der Waals surface area contributed by atoms with E-state index in [2.05, 4.69) is 88.6 Å². The Kier molecular flexibility index (Phi) is 5.78. The lowest BCUT2D eigenvalue weighted by Gasteiger charge is -2.28. The molecule has 1 fully saturated rings. The summed E-state index contributed by atoms with van der Waals surface area (Å²) in [6.45, 7) is 3.53. The molecule has 1 aliphatic heterocycles. The molecule has 4 rings (SSSR count). The summed E-state index contributed by atoms with van der Waals surface area (Å²) in [7, 11) is 3.60. The largest absolute Gasteiger partial charge is 0.303 e. The van der Waals surface area contributed by atoms with Gasteiger partial charge in [0.2, 0.25) is 0 Å². The zero-order valence-electron chi connectivity index (χ0n) is 16.3. The van der Waals surface area contributed by atoms with Crippen LogP contribution in [-0.2, 0) is 6.42 Å². The van der Waals surface area contributed by atoms with E-state index in [0.717, 1.165) is 26.2 Å². The molecular formula is C13H19N17. The summed E-state index contributed by atoms with van der Waals surface area (Å²) in [5.74, 6) is 1.73. The molecule has 30 heavy (non-hydrogen) atoms. The van der Waals surface area contributed by atoms with Crippen molar-refractivity contribution in [2.75, 3.05) is 45.6 Å². The van der Waals surface area contributed by atoms with Crippen molar-refractivity contribution in [2.45, 2.75) is 6.42 Å². The maximum absolute atomic E-state index is 4.26. The molecule has 0 aliphatic carbocycles. The van der Waals surface area contributed by atoms with Gasteiger partial charge in [-0.1, -0.05) is 10.3 Å². The molecule has 0 bridgehead atoms. The molecule has 17 heteroatoms. The fraction of sp³-hybridized carbons (Fsp3) is 0.538. The predicted octanol–water partition coefficient (Wildman–Crippen LogP) is -0.203. The van der Waals surface area contributed by atoms with Crippen LogP contribution in [0.3, 0.4) is 0 Å². The van der Waals surface area contributed by atoms with E-state index < -0.39 is 0 Å². The first-order chi connectivity index (χ1) is 14.7. The van der Waals surface area contributed by atoms with Crippen LogP contribution in [0, 0.1) is 0 Å². The SMILES string of the molecule is CN=Nc1nc(Nc2nnc(Cc3nc(N=NN4CCN(C)CC4)n[nH]3)nn2)n[nH]1. The van der Waals surface area contributed by atoms with E-state index in [9.17, 15) is 0 Å². The van der Waals surface area contributed by atoms with Crippen molar-refractivity contribution in [1.29, 1.82) is 0 Å². The third-order valence-corrected chi connectivity index (χ3v) is 4.00. The first-order valence-corrected chi connectivity index (χ1v) is 9.00. The van der Waals surface area contributed by atoms with E-state index in [-0.39, 0.29) is 30.2 Å². The summed E-state index contributed by atoms with van der Waals surface area (Å²) in [5.41, 5.74) is 0. The Hall–Kier alpha value is -4.02. The number of aromatic nitrogens is 10. The van der Waals surface area contributed by atoms with Crippen LogP contribution in [0.4, 0.5) is 23.8 Å². The zero-order valence-corrected chi connectivity index (χ0v) is 16.3. The van der Waals surface area contributed by atoms with Gasteiger partial charge in [0.1, 0.15) is 5.82 Å². The molecule has 0 unspecified atom stereocenters. The van der Waals surface area contributed by atoms with Crippen LogP contribution < -0.4 is 5.32 Å². The number of nitrogens with zero attached hydrogens (tertiary/aromatic N) is 14. The highest BCUT2D eigenvalue weighted by molar-refractivity contribution is 5.41. The average Bonchev–Trinajstić information content (AvgIpc) is 3.39.